The number of nitrogens with zero attached hydrogens (tertiary/aromatic N) is 1. The van der Waals surface area contributed by atoms with E-state index in [-0.39, 0.29) is 66.1 Å². The zero-order valence-electron chi connectivity index (χ0n) is 20.1. The molecule has 2 heterocycles. The SMILES string of the molecule is CC(/C=C\C(=C/N)c1ccc(OCC2CN(C(=O)c3cc4c(cc3F)OCC(=O)N4)C2)c(F)c1)C(F)(F)F. The minimum atomic E-state index is -4.40. The van der Waals surface area contributed by atoms with Gasteiger partial charge in [0.15, 0.2) is 18.2 Å². The number of carbonyl (C=O) groups is 2. The second-order valence-electron chi connectivity index (χ2n) is 9.01. The van der Waals surface area contributed by atoms with Crippen LogP contribution in [0.2, 0.25) is 0 Å². The lowest BCUT2D eigenvalue weighted by Crippen LogP contribution is -2.52. The molecule has 0 aromatic heterocycles. The first kappa shape index (κ1) is 27.0. The van der Waals surface area contributed by atoms with Crippen molar-refractivity contribution in [2.75, 3.05) is 31.6 Å². The molecule has 1 fully saturated rings. The van der Waals surface area contributed by atoms with Crippen LogP contribution in [-0.4, -0.2) is 49.2 Å². The van der Waals surface area contributed by atoms with E-state index in [9.17, 15) is 31.5 Å². The average Bonchev–Trinajstić information content (AvgIpc) is 2.83. The van der Waals surface area contributed by atoms with Crippen LogP contribution in [0.1, 0.15) is 22.8 Å². The van der Waals surface area contributed by atoms with Gasteiger partial charge in [0.25, 0.3) is 11.8 Å². The molecule has 0 spiro atoms. The second kappa shape index (κ2) is 10.7. The molecule has 2 aromatic carbocycles. The molecule has 202 valence electrons. The standard InChI is InChI=1S/C26H24F5N3O4/c1-14(26(29,30)31)2-3-17(9-32)16-4-5-22(20(28)6-16)37-12-15-10-34(11-15)25(36)18-7-21-23(8-19(18)27)38-13-24(35)33-21/h2-9,14-15H,10-13,32H2,1H3,(H,33,35)/b3-2-,17-9+. The van der Waals surface area contributed by atoms with Gasteiger partial charge >= 0.3 is 6.18 Å². The van der Waals surface area contributed by atoms with Crippen LogP contribution < -0.4 is 20.5 Å². The van der Waals surface area contributed by atoms with Crippen LogP contribution in [0.5, 0.6) is 11.5 Å². The summed E-state index contributed by atoms with van der Waals surface area (Å²) < 4.78 is 77.9. The quantitative estimate of drug-likeness (QED) is 0.401. The van der Waals surface area contributed by atoms with Crippen molar-refractivity contribution in [2.45, 2.75) is 13.1 Å². The smallest absolute Gasteiger partial charge is 0.394 e. The van der Waals surface area contributed by atoms with Crippen LogP contribution in [0.3, 0.4) is 0 Å². The first-order valence-electron chi connectivity index (χ1n) is 11.6. The number of allylic oxidation sites excluding steroid dienone is 3. The predicted octanol–water partition coefficient (Wildman–Crippen LogP) is 4.50. The Morgan fingerprint density at radius 3 is 2.63 bits per heavy atom. The third kappa shape index (κ3) is 5.90. The first-order chi connectivity index (χ1) is 18.0. The van der Waals surface area contributed by atoms with Crippen LogP contribution in [0.4, 0.5) is 27.6 Å². The number of benzene rings is 2. The fraction of sp³-hybridized carbons (Fsp3) is 0.308. The van der Waals surface area contributed by atoms with Gasteiger partial charge in [-0.05, 0) is 29.3 Å². The lowest BCUT2D eigenvalue weighted by molar-refractivity contribution is -0.156. The van der Waals surface area contributed by atoms with Gasteiger partial charge in [-0.3, -0.25) is 9.59 Å². The Hall–Kier alpha value is -4.09. The van der Waals surface area contributed by atoms with Crippen molar-refractivity contribution in [1.29, 1.82) is 0 Å². The molecule has 2 aliphatic rings. The molecule has 2 amide bonds. The second-order valence-corrected chi connectivity index (χ2v) is 9.01. The number of amides is 2. The van der Waals surface area contributed by atoms with Crippen molar-refractivity contribution in [3.63, 3.8) is 0 Å². The summed E-state index contributed by atoms with van der Waals surface area (Å²) in [5.41, 5.74) is 6.00. The summed E-state index contributed by atoms with van der Waals surface area (Å²) in [6.45, 7) is 1.34. The number of nitrogens with two attached hydrogens (primary N) is 1. The Morgan fingerprint density at radius 2 is 1.97 bits per heavy atom. The highest BCUT2D eigenvalue weighted by Crippen LogP contribution is 2.33. The molecule has 0 radical (unpaired) electrons. The summed E-state index contributed by atoms with van der Waals surface area (Å²) in [6.07, 6.45) is -1.20. The summed E-state index contributed by atoms with van der Waals surface area (Å²) in [6, 6.07) is 6.20. The van der Waals surface area contributed by atoms with Crippen molar-refractivity contribution in [1.82, 2.24) is 4.90 Å². The monoisotopic (exact) mass is 537 g/mol. The molecular weight excluding hydrogens is 513 g/mol. The summed E-state index contributed by atoms with van der Waals surface area (Å²) in [5.74, 6) is -4.24. The molecule has 0 saturated carbocycles. The maximum atomic E-state index is 14.6. The number of hydrogen-bond acceptors (Lipinski definition) is 5. The van der Waals surface area contributed by atoms with Gasteiger partial charge in [-0.15, -0.1) is 0 Å². The molecule has 7 nitrogen and oxygen atoms in total. The summed E-state index contributed by atoms with van der Waals surface area (Å²) in [7, 11) is 0. The van der Waals surface area contributed by atoms with E-state index in [4.69, 9.17) is 15.2 Å². The van der Waals surface area contributed by atoms with E-state index in [1.54, 1.807) is 0 Å². The lowest BCUT2D eigenvalue weighted by Gasteiger charge is -2.39. The van der Waals surface area contributed by atoms with E-state index in [2.05, 4.69) is 5.32 Å². The van der Waals surface area contributed by atoms with Gasteiger partial charge in [-0.2, -0.15) is 13.2 Å². The Balaban J connectivity index is 1.32. The van der Waals surface area contributed by atoms with E-state index in [1.165, 1.54) is 29.2 Å². The molecule has 1 saturated heterocycles. The Bertz CT molecular complexity index is 1300. The average molecular weight is 537 g/mol. The zero-order valence-corrected chi connectivity index (χ0v) is 20.1. The lowest BCUT2D eigenvalue weighted by atomic mass is 9.99. The van der Waals surface area contributed by atoms with Crippen molar-refractivity contribution >= 4 is 23.1 Å². The number of anilines is 1. The van der Waals surface area contributed by atoms with Crippen LogP contribution >= 0.6 is 0 Å². The molecule has 12 heteroatoms. The number of hydrogen-bond donors (Lipinski definition) is 2. The van der Waals surface area contributed by atoms with Gasteiger partial charge in [0.05, 0.1) is 23.8 Å². The Labute approximate surface area is 214 Å². The van der Waals surface area contributed by atoms with E-state index >= 15 is 0 Å². The third-order valence-corrected chi connectivity index (χ3v) is 6.18. The van der Waals surface area contributed by atoms with Crippen LogP contribution in [-0.2, 0) is 4.79 Å². The van der Waals surface area contributed by atoms with Crippen LogP contribution in [0.15, 0.2) is 48.7 Å². The number of carbonyl (C=O) groups excluding carboxylic acids is 2. The van der Waals surface area contributed by atoms with Gasteiger partial charge in [-0.25, -0.2) is 8.78 Å². The molecule has 1 atom stereocenters. The maximum absolute atomic E-state index is 14.6. The fourth-order valence-electron chi connectivity index (χ4n) is 3.89. The maximum Gasteiger partial charge on any atom is 0.394 e. The molecular formula is C26H24F5N3O4. The van der Waals surface area contributed by atoms with Crippen LogP contribution in [0, 0.1) is 23.5 Å². The minimum Gasteiger partial charge on any atom is -0.490 e. The number of alkyl halides is 3. The summed E-state index contributed by atoms with van der Waals surface area (Å²) >= 11 is 0. The van der Waals surface area contributed by atoms with E-state index in [0.29, 0.717) is 0 Å². The number of likely N-dealkylation sites (tertiary alicyclic amines) is 1. The highest BCUT2D eigenvalue weighted by molar-refractivity contribution is 6.00. The summed E-state index contributed by atoms with van der Waals surface area (Å²) in [4.78, 5) is 25.6. The normalized spacial score (nSPS) is 16.9. The van der Waals surface area contributed by atoms with Gasteiger partial charge in [0.2, 0.25) is 0 Å². The highest BCUT2D eigenvalue weighted by atomic mass is 19.4. The minimum absolute atomic E-state index is 0.0704. The number of ether oxygens (including phenoxy) is 2. The molecule has 2 aliphatic heterocycles. The Morgan fingerprint density at radius 1 is 1.24 bits per heavy atom. The first-order valence-corrected chi connectivity index (χ1v) is 11.6. The zero-order chi connectivity index (χ0) is 27.6. The molecule has 2 aromatic rings. The Kier molecular flexibility index (Phi) is 7.61. The van der Waals surface area contributed by atoms with Gasteiger partial charge in [-0.1, -0.05) is 25.1 Å². The van der Waals surface area contributed by atoms with E-state index in [1.807, 2.05) is 0 Å². The molecule has 38 heavy (non-hydrogen) atoms. The van der Waals surface area contributed by atoms with Crippen molar-refractivity contribution in [3.05, 3.63) is 71.4 Å². The highest BCUT2D eigenvalue weighted by Gasteiger charge is 2.35. The predicted molar refractivity (Wildman–Crippen MR) is 128 cm³/mol. The van der Waals surface area contributed by atoms with Crippen molar-refractivity contribution < 1.29 is 41.0 Å². The molecule has 3 N–H and O–H groups in total. The number of rotatable bonds is 7. The van der Waals surface area contributed by atoms with E-state index in [0.717, 1.165) is 31.3 Å². The van der Waals surface area contributed by atoms with Gasteiger partial charge in [0, 0.05) is 31.3 Å². The van der Waals surface area contributed by atoms with Crippen molar-refractivity contribution in [2.24, 2.45) is 17.6 Å². The number of halogens is 5. The number of nitrogens with one attached hydrogen (secondary N) is 1. The molecule has 0 bridgehead atoms. The largest absolute Gasteiger partial charge is 0.490 e. The van der Waals surface area contributed by atoms with E-state index < -0.39 is 35.5 Å². The van der Waals surface area contributed by atoms with Gasteiger partial charge in [0.1, 0.15) is 11.6 Å². The van der Waals surface area contributed by atoms with Crippen LogP contribution in [0.25, 0.3) is 5.57 Å². The summed E-state index contributed by atoms with van der Waals surface area (Å²) in [5, 5.41) is 2.53. The number of fused-ring (bicyclic) bond motifs is 1. The van der Waals surface area contributed by atoms with Crippen molar-refractivity contribution in [3.8, 4) is 11.5 Å². The topological polar surface area (TPSA) is 93.9 Å². The third-order valence-electron chi connectivity index (χ3n) is 6.18. The van der Waals surface area contributed by atoms with Gasteiger partial charge < -0.3 is 25.4 Å². The molecule has 0 aliphatic carbocycles. The molecule has 1 unspecified atom stereocenters. The molecule has 4 rings (SSSR count). The fourth-order valence-corrected chi connectivity index (χ4v) is 3.89.